The van der Waals surface area contributed by atoms with Gasteiger partial charge in [0.15, 0.2) is 0 Å². The first kappa shape index (κ1) is 19.4. The maximum absolute atomic E-state index is 12.9. The molecule has 152 valence electrons. The largest absolute Gasteiger partial charge is 0.357 e. The lowest BCUT2D eigenvalue weighted by atomic mass is 10.0. The van der Waals surface area contributed by atoms with Crippen LogP contribution in [-0.2, 0) is 11.8 Å². The van der Waals surface area contributed by atoms with Crippen molar-refractivity contribution < 1.29 is 4.79 Å². The SMILES string of the molecule is Cc1ccc(NC(=O)[C@@H]2CCCN2C(C)C)nc1-c1cn(C)c(=O)c2[nH]ccc12. The molecule has 0 spiro atoms. The number of likely N-dealkylation sites (tertiary alicyclic amines) is 1. The van der Waals surface area contributed by atoms with Gasteiger partial charge in [0.1, 0.15) is 11.3 Å². The Bertz CT molecular complexity index is 1130. The zero-order valence-electron chi connectivity index (χ0n) is 17.3. The Balaban J connectivity index is 1.69. The van der Waals surface area contributed by atoms with Crippen molar-refractivity contribution in [1.82, 2.24) is 19.4 Å². The Morgan fingerprint density at radius 3 is 2.86 bits per heavy atom. The number of anilines is 1. The molecule has 0 radical (unpaired) electrons. The van der Waals surface area contributed by atoms with E-state index in [1.54, 1.807) is 24.0 Å². The van der Waals surface area contributed by atoms with E-state index in [-0.39, 0.29) is 17.5 Å². The van der Waals surface area contributed by atoms with Crippen molar-refractivity contribution in [3.63, 3.8) is 0 Å². The number of nitrogens with zero attached hydrogens (tertiary/aromatic N) is 3. The van der Waals surface area contributed by atoms with Gasteiger partial charge >= 0.3 is 0 Å². The maximum atomic E-state index is 12.9. The van der Waals surface area contributed by atoms with Crippen molar-refractivity contribution in [2.45, 2.75) is 45.7 Å². The van der Waals surface area contributed by atoms with Crippen molar-refractivity contribution in [3.05, 3.63) is 46.5 Å². The molecular weight excluding hydrogens is 366 g/mol. The van der Waals surface area contributed by atoms with Gasteiger partial charge in [-0.15, -0.1) is 0 Å². The van der Waals surface area contributed by atoms with Gasteiger partial charge in [0.2, 0.25) is 5.91 Å². The lowest BCUT2D eigenvalue weighted by Gasteiger charge is -2.27. The van der Waals surface area contributed by atoms with Crippen LogP contribution in [0.4, 0.5) is 5.82 Å². The van der Waals surface area contributed by atoms with Gasteiger partial charge in [-0.05, 0) is 57.9 Å². The Morgan fingerprint density at radius 1 is 1.31 bits per heavy atom. The summed E-state index contributed by atoms with van der Waals surface area (Å²) in [4.78, 5) is 35.2. The summed E-state index contributed by atoms with van der Waals surface area (Å²) < 4.78 is 1.56. The van der Waals surface area contributed by atoms with E-state index in [4.69, 9.17) is 4.98 Å². The molecule has 1 fully saturated rings. The Kier molecular flexibility index (Phi) is 5.00. The molecule has 3 aromatic rings. The number of nitrogens with one attached hydrogen (secondary N) is 2. The Labute approximate surface area is 169 Å². The molecule has 7 nitrogen and oxygen atoms in total. The predicted molar refractivity (Wildman–Crippen MR) is 115 cm³/mol. The van der Waals surface area contributed by atoms with Gasteiger partial charge in [-0.1, -0.05) is 6.07 Å². The third kappa shape index (κ3) is 3.46. The molecule has 1 aliphatic rings. The van der Waals surface area contributed by atoms with Gasteiger partial charge in [0.25, 0.3) is 5.56 Å². The molecule has 1 amide bonds. The van der Waals surface area contributed by atoms with Crippen LogP contribution in [-0.4, -0.2) is 44.0 Å². The minimum Gasteiger partial charge on any atom is -0.357 e. The number of fused-ring (bicyclic) bond motifs is 1. The van der Waals surface area contributed by atoms with E-state index in [2.05, 4.69) is 29.0 Å². The molecule has 0 unspecified atom stereocenters. The predicted octanol–water partition coefficient (Wildman–Crippen LogP) is 3.05. The maximum Gasteiger partial charge on any atom is 0.274 e. The number of aryl methyl sites for hydroxylation is 2. The zero-order chi connectivity index (χ0) is 20.7. The summed E-state index contributed by atoms with van der Waals surface area (Å²) in [6.07, 6.45) is 5.47. The van der Waals surface area contributed by atoms with E-state index >= 15 is 0 Å². The number of hydrogen-bond acceptors (Lipinski definition) is 4. The van der Waals surface area contributed by atoms with Crippen LogP contribution in [0.5, 0.6) is 0 Å². The molecule has 1 aliphatic heterocycles. The fourth-order valence-corrected chi connectivity index (χ4v) is 4.23. The molecule has 2 N–H and O–H groups in total. The molecule has 0 aliphatic carbocycles. The van der Waals surface area contributed by atoms with Crippen LogP contribution in [0.15, 0.2) is 35.4 Å². The number of carbonyl (C=O) groups excluding carboxylic acids is 1. The fraction of sp³-hybridized carbons (Fsp3) is 0.409. The monoisotopic (exact) mass is 393 g/mol. The number of carbonyl (C=O) groups is 1. The quantitative estimate of drug-likeness (QED) is 0.714. The molecule has 1 saturated heterocycles. The number of aromatic nitrogens is 3. The molecule has 1 atom stereocenters. The number of H-pyrrole nitrogens is 1. The van der Waals surface area contributed by atoms with E-state index < -0.39 is 0 Å². The molecule has 29 heavy (non-hydrogen) atoms. The van der Waals surface area contributed by atoms with Crippen molar-refractivity contribution >= 4 is 22.6 Å². The van der Waals surface area contributed by atoms with Gasteiger partial charge in [-0.2, -0.15) is 0 Å². The third-order valence-corrected chi connectivity index (χ3v) is 5.76. The van der Waals surface area contributed by atoms with Gasteiger partial charge in [0, 0.05) is 36.4 Å². The summed E-state index contributed by atoms with van der Waals surface area (Å²) >= 11 is 0. The van der Waals surface area contributed by atoms with Crippen LogP contribution >= 0.6 is 0 Å². The van der Waals surface area contributed by atoms with Crippen molar-refractivity contribution in [3.8, 4) is 11.3 Å². The average Bonchev–Trinajstić information content (AvgIpc) is 3.36. The summed E-state index contributed by atoms with van der Waals surface area (Å²) in [5, 5.41) is 3.83. The number of hydrogen-bond donors (Lipinski definition) is 2. The molecule has 3 aromatic heterocycles. The molecule has 4 rings (SSSR count). The van der Waals surface area contributed by atoms with Crippen LogP contribution in [0.1, 0.15) is 32.3 Å². The van der Waals surface area contributed by atoms with Crippen molar-refractivity contribution in [2.24, 2.45) is 7.05 Å². The topological polar surface area (TPSA) is 83.0 Å². The Hall–Kier alpha value is -2.93. The van der Waals surface area contributed by atoms with Crippen molar-refractivity contribution in [1.29, 1.82) is 0 Å². The lowest BCUT2D eigenvalue weighted by Crippen LogP contribution is -2.43. The highest BCUT2D eigenvalue weighted by atomic mass is 16.2. The van der Waals surface area contributed by atoms with Crippen LogP contribution in [0.25, 0.3) is 22.2 Å². The molecule has 7 heteroatoms. The highest BCUT2D eigenvalue weighted by Gasteiger charge is 2.32. The van der Waals surface area contributed by atoms with E-state index in [1.165, 1.54) is 0 Å². The highest BCUT2D eigenvalue weighted by Crippen LogP contribution is 2.29. The average molecular weight is 393 g/mol. The first-order chi connectivity index (χ1) is 13.9. The van der Waals surface area contributed by atoms with Crippen molar-refractivity contribution in [2.75, 3.05) is 11.9 Å². The lowest BCUT2D eigenvalue weighted by molar-refractivity contribution is -0.120. The summed E-state index contributed by atoms with van der Waals surface area (Å²) in [6.45, 7) is 7.17. The summed E-state index contributed by atoms with van der Waals surface area (Å²) in [7, 11) is 1.73. The van der Waals surface area contributed by atoms with Crippen LogP contribution in [0.3, 0.4) is 0 Å². The standard InChI is InChI=1S/C22H27N5O2/c1-13(2)27-11-5-6-17(27)21(28)25-18-8-7-14(3)19(24-18)16-12-26(4)22(29)20-15(16)9-10-23-20/h7-10,12-13,17,23H,5-6,11H2,1-4H3,(H,24,25,28)/t17-/m0/s1. The van der Waals surface area contributed by atoms with Crippen LogP contribution in [0, 0.1) is 6.92 Å². The minimum absolute atomic E-state index is 0.00856. The van der Waals surface area contributed by atoms with E-state index in [1.807, 2.05) is 25.1 Å². The van der Waals surface area contributed by atoms with E-state index in [0.29, 0.717) is 17.4 Å². The number of amides is 1. The summed E-state index contributed by atoms with van der Waals surface area (Å²) in [6, 6.07) is 5.90. The van der Waals surface area contributed by atoms with E-state index in [9.17, 15) is 9.59 Å². The molecule has 0 saturated carbocycles. The smallest absolute Gasteiger partial charge is 0.274 e. The summed E-state index contributed by atoms with van der Waals surface area (Å²) in [5.41, 5.74) is 3.08. The fourth-order valence-electron chi connectivity index (χ4n) is 4.23. The second-order valence-corrected chi connectivity index (χ2v) is 8.07. The summed E-state index contributed by atoms with van der Waals surface area (Å²) in [5.74, 6) is 0.523. The molecular formula is C22H27N5O2. The van der Waals surface area contributed by atoms with E-state index in [0.717, 1.165) is 41.6 Å². The van der Waals surface area contributed by atoms with Gasteiger partial charge in [-0.25, -0.2) is 4.98 Å². The molecule has 0 aromatic carbocycles. The van der Waals surface area contributed by atoms with Gasteiger partial charge in [-0.3, -0.25) is 14.5 Å². The van der Waals surface area contributed by atoms with Crippen LogP contribution < -0.4 is 10.9 Å². The number of aromatic amines is 1. The zero-order valence-corrected chi connectivity index (χ0v) is 17.3. The first-order valence-electron chi connectivity index (χ1n) is 10.1. The third-order valence-electron chi connectivity index (χ3n) is 5.76. The molecule has 0 bridgehead atoms. The number of pyridine rings is 2. The second-order valence-electron chi connectivity index (χ2n) is 8.07. The van der Waals surface area contributed by atoms with Gasteiger partial charge in [0.05, 0.1) is 11.7 Å². The normalized spacial score (nSPS) is 17.3. The highest BCUT2D eigenvalue weighted by molar-refractivity contribution is 5.96. The second kappa shape index (κ2) is 7.48. The molecule has 4 heterocycles. The van der Waals surface area contributed by atoms with Gasteiger partial charge < -0.3 is 14.9 Å². The minimum atomic E-state index is -0.115. The first-order valence-corrected chi connectivity index (χ1v) is 10.1. The van der Waals surface area contributed by atoms with Crippen LogP contribution in [0.2, 0.25) is 0 Å². The number of rotatable bonds is 4. The Morgan fingerprint density at radius 2 is 2.10 bits per heavy atom.